The van der Waals surface area contributed by atoms with E-state index >= 15 is 0 Å². The summed E-state index contributed by atoms with van der Waals surface area (Å²) < 4.78 is 43.0. The monoisotopic (exact) mass is 352 g/mol. The molecule has 0 saturated carbocycles. The van der Waals surface area contributed by atoms with Crippen molar-refractivity contribution >= 4 is 5.91 Å². The highest BCUT2D eigenvalue weighted by molar-refractivity contribution is 6.01. The number of primary amides is 1. The Morgan fingerprint density at radius 3 is 2.16 bits per heavy atom. The van der Waals surface area contributed by atoms with Crippen LogP contribution in [0.2, 0.25) is 0 Å². The van der Waals surface area contributed by atoms with Gasteiger partial charge in [0.2, 0.25) is 0 Å². The highest BCUT2D eigenvalue weighted by atomic mass is 19.4. The summed E-state index contributed by atoms with van der Waals surface area (Å²) in [5.41, 5.74) is 4.87. The average molecular weight is 352 g/mol. The smallest absolute Gasteiger partial charge is 0.366 e. The number of carbonyl (C=O) groups is 1. The van der Waals surface area contributed by atoms with Gasteiger partial charge in [-0.25, -0.2) is 0 Å². The number of hydrogen-bond donors (Lipinski definition) is 1. The predicted octanol–water partition coefficient (Wildman–Crippen LogP) is 4.96. The van der Waals surface area contributed by atoms with Gasteiger partial charge in [0.1, 0.15) is 0 Å². The first-order valence-corrected chi connectivity index (χ1v) is 8.20. The van der Waals surface area contributed by atoms with Crippen molar-refractivity contribution in [2.75, 3.05) is 0 Å². The SMILES string of the molecule is CC(C)CC(C)c1c(C(F)(F)F)c(C(N)=O)c(-c2ccccc2)n1C. The van der Waals surface area contributed by atoms with Gasteiger partial charge >= 0.3 is 6.18 Å². The maximum Gasteiger partial charge on any atom is 0.418 e. The molecule has 1 aromatic heterocycles. The van der Waals surface area contributed by atoms with Crippen molar-refractivity contribution in [3.8, 4) is 11.3 Å². The van der Waals surface area contributed by atoms with E-state index in [-0.39, 0.29) is 23.2 Å². The Labute approximate surface area is 145 Å². The lowest BCUT2D eigenvalue weighted by Gasteiger charge is -2.19. The minimum atomic E-state index is -4.66. The first-order chi connectivity index (χ1) is 11.6. The Bertz CT molecular complexity index is 761. The van der Waals surface area contributed by atoms with Gasteiger partial charge in [0.05, 0.1) is 16.8 Å². The molecular formula is C19H23F3N2O. The minimum Gasteiger partial charge on any atom is -0.366 e. The van der Waals surface area contributed by atoms with Crippen LogP contribution < -0.4 is 5.73 Å². The zero-order chi connectivity index (χ0) is 18.9. The molecule has 1 heterocycles. The van der Waals surface area contributed by atoms with Gasteiger partial charge in [0, 0.05) is 12.7 Å². The summed E-state index contributed by atoms with van der Waals surface area (Å²) in [6.07, 6.45) is -4.08. The molecule has 1 unspecified atom stereocenters. The zero-order valence-corrected chi connectivity index (χ0v) is 14.8. The summed E-state index contributed by atoms with van der Waals surface area (Å²) in [5, 5.41) is 0. The van der Waals surface area contributed by atoms with E-state index in [9.17, 15) is 18.0 Å². The molecule has 3 nitrogen and oxygen atoms in total. The second-order valence-electron chi connectivity index (χ2n) is 6.80. The first kappa shape index (κ1) is 19.1. The van der Waals surface area contributed by atoms with Crippen LogP contribution in [0.1, 0.15) is 54.7 Å². The zero-order valence-electron chi connectivity index (χ0n) is 14.8. The molecule has 136 valence electrons. The van der Waals surface area contributed by atoms with Gasteiger partial charge in [0.15, 0.2) is 0 Å². The van der Waals surface area contributed by atoms with Crippen molar-refractivity contribution in [3.05, 3.63) is 47.2 Å². The quantitative estimate of drug-likeness (QED) is 0.812. The molecule has 1 atom stereocenters. The van der Waals surface area contributed by atoms with Crippen LogP contribution in [0.5, 0.6) is 0 Å². The molecule has 0 aliphatic rings. The molecule has 2 rings (SSSR count). The first-order valence-electron chi connectivity index (χ1n) is 8.20. The number of halogens is 3. The third-order valence-corrected chi connectivity index (χ3v) is 4.31. The van der Waals surface area contributed by atoms with Gasteiger partial charge < -0.3 is 10.3 Å². The molecule has 0 radical (unpaired) electrons. The molecule has 2 N–H and O–H groups in total. The van der Waals surface area contributed by atoms with Crippen molar-refractivity contribution in [1.29, 1.82) is 0 Å². The fourth-order valence-corrected chi connectivity index (χ4v) is 3.56. The van der Waals surface area contributed by atoms with Crippen molar-refractivity contribution in [2.45, 2.75) is 39.3 Å². The number of benzene rings is 1. The number of rotatable bonds is 5. The van der Waals surface area contributed by atoms with Crippen LogP contribution >= 0.6 is 0 Å². The van der Waals surface area contributed by atoms with Crippen molar-refractivity contribution < 1.29 is 18.0 Å². The molecule has 6 heteroatoms. The van der Waals surface area contributed by atoms with Gasteiger partial charge in [-0.3, -0.25) is 4.79 Å². The Hall–Kier alpha value is -2.24. The number of nitrogens with two attached hydrogens (primary N) is 1. The number of alkyl halides is 3. The third-order valence-electron chi connectivity index (χ3n) is 4.31. The maximum atomic E-state index is 13.9. The van der Waals surface area contributed by atoms with Crippen molar-refractivity contribution in [3.63, 3.8) is 0 Å². The summed E-state index contributed by atoms with van der Waals surface area (Å²) >= 11 is 0. The number of amides is 1. The third kappa shape index (κ3) is 3.72. The summed E-state index contributed by atoms with van der Waals surface area (Å²) in [6, 6.07) is 8.57. The van der Waals surface area contributed by atoms with E-state index in [1.165, 1.54) is 4.57 Å². The van der Waals surface area contributed by atoms with E-state index < -0.39 is 23.2 Å². The minimum absolute atomic E-state index is 0.105. The number of carbonyl (C=O) groups excluding carboxylic acids is 1. The molecule has 1 aromatic carbocycles. The molecule has 0 aliphatic carbocycles. The lowest BCUT2D eigenvalue weighted by molar-refractivity contribution is -0.138. The summed E-state index contributed by atoms with van der Waals surface area (Å²) in [7, 11) is 1.57. The van der Waals surface area contributed by atoms with E-state index in [0.717, 1.165) is 0 Å². The second kappa shape index (κ2) is 6.94. The molecule has 2 aromatic rings. The molecule has 0 bridgehead atoms. The number of hydrogen-bond acceptors (Lipinski definition) is 1. The topological polar surface area (TPSA) is 48.0 Å². The van der Waals surface area contributed by atoms with Gasteiger partial charge in [-0.05, 0) is 23.8 Å². The van der Waals surface area contributed by atoms with Crippen LogP contribution in [-0.4, -0.2) is 10.5 Å². The van der Waals surface area contributed by atoms with Gasteiger partial charge in [0.25, 0.3) is 5.91 Å². The van der Waals surface area contributed by atoms with E-state index in [1.54, 1.807) is 44.3 Å². The van der Waals surface area contributed by atoms with Crippen molar-refractivity contribution in [1.82, 2.24) is 4.57 Å². The Balaban J connectivity index is 2.86. The number of nitrogens with zero attached hydrogens (tertiary/aromatic N) is 1. The predicted molar refractivity (Wildman–Crippen MR) is 92.2 cm³/mol. The van der Waals surface area contributed by atoms with Crippen LogP contribution in [0.4, 0.5) is 13.2 Å². The molecule has 0 fully saturated rings. The van der Waals surface area contributed by atoms with Gasteiger partial charge in [-0.1, -0.05) is 51.1 Å². The van der Waals surface area contributed by atoms with Crippen molar-refractivity contribution in [2.24, 2.45) is 18.7 Å². The lowest BCUT2D eigenvalue weighted by Crippen LogP contribution is -2.19. The van der Waals surface area contributed by atoms with Crippen LogP contribution in [0.3, 0.4) is 0 Å². The van der Waals surface area contributed by atoms with Crippen LogP contribution in [0.15, 0.2) is 30.3 Å². The molecule has 0 saturated heterocycles. The molecule has 0 spiro atoms. The van der Waals surface area contributed by atoms with E-state index in [1.807, 2.05) is 13.8 Å². The highest BCUT2D eigenvalue weighted by Crippen LogP contribution is 2.44. The summed E-state index contributed by atoms with van der Waals surface area (Å²) in [6.45, 7) is 5.67. The molecule has 0 aliphatic heterocycles. The van der Waals surface area contributed by atoms with E-state index in [0.29, 0.717) is 12.0 Å². The molecular weight excluding hydrogens is 329 g/mol. The highest BCUT2D eigenvalue weighted by Gasteiger charge is 2.43. The Morgan fingerprint density at radius 1 is 1.16 bits per heavy atom. The standard InChI is InChI=1S/C19H23F3N2O/c1-11(2)10-12(3)16-15(19(20,21)22)14(18(23)25)17(24(16)4)13-8-6-5-7-9-13/h5-9,11-12H,10H2,1-4H3,(H2,23,25). The molecule has 1 amide bonds. The van der Waals surface area contributed by atoms with Gasteiger partial charge in [-0.15, -0.1) is 0 Å². The maximum absolute atomic E-state index is 13.9. The fraction of sp³-hybridized carbons (Fsp3) is 0.421. The van der Waals surface area contributed by atoms with Crippen LogP contribution in [-0.2, 0) is 13.2 Å². The van der Waals surface area contributed by atoms with E-state index in [4.69, 9.17) is 5.73 Å². The lowest BCUT2D eigenvalue weighted by atomic mass is 9.92. The van der Waals surface area contributed by atoms with Crippen LogP contribution in [0, 0.1) is 5.92 Å². The number of aromatic nitrogens is 1. The normalized spacial score (nSPS) is 13.3. The largest absolute Gasteiger partial charge is 0.418 e. The van der Waals surface area contributed by atoms with Gasteiger partial charge in [-0.2, -0.15) is 13.2 Å². The second-order valence-corrected chi connectivity index (χ2v) is 6.80. The molecule has 25 heavy (non-hydrogen) atoms. The Kier molecular flexibility index (Phi) is 5.30. The summed E-state index contributed by atoms with van der Waals surface area (Å²) in [5.74, 6) is -1.20. The summed E-state index contributed by atoms with van der Waals surface area (Å²) in [4.78, 5) is 12.0. The average Bonchev–Trinajstić information content (AvgIpc) is 2.81. The van der Waals surface area contributed by atoms with Crippen LogP contribution in [0.25, 0.3) is 11.3 Å². The fourth-order valence-electron chi connectivity index (χ4n) is 3.56. The van der Waals surface area contributed by atoms with E-state index in [2.05, 4.69) is 0 Å². The Morgan fingerprint density at radius 2 is 1.72 bits per heavy atom.